The molecular formula is C12H26Si2. The molecule has 0 aromatic carbocycles. The summed E-state index contributed by atoms with van der Waals surface area (Å²) in [6, 6.07) is 0. The Kier molecular flexibility index (Phi) is 2.72. The Morgan fingerprint density at radius 1 is 0.643 bits per heavy atom. The minimum Gasteiger partial charge on any atom is -0.0711 e. The van der Waals surface area contributed by atoms with Crippen LogP contribution in [-0.2, 0) is 0 Å². The van der Waals surface area contributed by atoms with Crippen LogP contribution in [-0.4, -0.2) is 15.2 Å². The molecule has 0 N–H and O–H groups in total. The van der Waals surface area contributed by atoms with E-state index in [0.717, 1.165) is 0 Å². The highest BCUT2D eigenvalue weighted by molar-refractivity contribution is 7.41. The summed E-state index contributed by atoms with van der Waals surface area (Å²) < 4.78 is 0. The normalized spacial score (nSPS) is 25.7. The molecule has 0 spiro atoms. The van der Waals surface area contributed by atoms with Gasteiger partial charge in [0.25, 0.3) is 0 Å². The summed E-state index contributed by atoms with van der Waals surface area (Å²) in [6.45, 7) is 10.9. The van der Waals surface area contributed by atoms with Crippen molar-refractivity contribution in [1.29, 1.82) is 0 Å². The maximum Gasteiger partial charge on any atom is 0.0446 e. The van der Waals surface area contributed by atoms with E-state index in [1.165, 1.54) is 23.9 Å². The van der Waals surface area contributed by atoms with Crippen molar-refractivity contribution in [1.82, 2.24) is 0 Å². The third kappa shape index (κ3) is 1.45. The molecule has 0 saturated heterocycles. The van der Waals surface area contributed by atoms with Crippen molar-refractivity contribution >= 4 is 15.2 Å². The highest BCUT2D eigenvalue weighted by atomic mass is 29.3. The molecule has 0 aliphatic heterocycles. The van der Waals surface area contributed by atoms with Crippen molar-refractivity contribution in [3.05, 3.63) is 0 Å². The quantitative estimate of drug-likeness (QED) is 0.618. The van der Waals surface area contributed by atoms with E-state index in [2.05, 4.69) is 26.2 Å². The molecule has 2 aliphatic rings. The first-order valence-electron chi connectivity index (χ1n) is 6.46. The number of hydrogen-bond donors (Lipinski definition) is 0. The van der Waals surface area contributed by atoms with Gasteiger partial charge in [-0.05, 0) is 11.1 Å². The number of hydrogen-bond acceptors (Lipinski definition) is 0. The van der Waals surface area contributed by atoms with Crippen LogP contribution < -0.4 is 0 Å². The van der Waals surface area contributed by atoms with Gasteiger partial charge in [-0.15, -0.1) is 0 Å². The second-order valence-electron chi connectivity index (χ2n) is 6.70. The zero-order valence-corrected chi connectivity index (χ0v) is 12.4. The average molecular weight is 227 g/mol. The molecule has 2 rings (SSSR count). The molecule has 2 fully saturated rings. The number of rotatable bonds is 3. The fraction of sp³-hybridized carbons (Fsp3) is 1.00. The lowest BCUT2D eigenvalue weighted by Crippen LogP contribution is -2.62. The maximum atomic E-state index is 2.72. The second-order valence-corrected chi connectivity index (χ2v) is 23.0. The molecule has 0 unspecified atom stereocenters. The smallest absolute Gasteiger partial charge is 0.0446 e. The molecule has 0 bridgehead atoms. The van der Waals surface area contributed by atoms with Crippen LogP contribution >= 0.6 is 0 Å². The van der Waals surface area contributed by atoms with E-state index in [1.807, 2.05) is 0 Å². The van der Waals surface area contributed by atoms with Gasteiger partial charge in [-0.3, -0.25) is 0 Å². The van der Waals surface area contributed by atoms with Crippen molar-refractivity contribution in [2.24, 2.45) is 0 Å². The zero-order valence-electron chi connectivity index (χ0n) is 10.4. The van der Waals surface area contributed by atoms with Crippen LogP contribution in [0, 0.1) is 0 Å². The van der Waals surface area contributed by atoms with Gasteiger partial charge in [0.05, 0.1) is 0 Å². The van der Waals surface area contributed by atoms with Gasteiger partial charge < -0.3 is 0 Å². The van der Waals surface area contributed by atoms with E-state index in [0.29, 0.717) is 0 Å². The molecule has 82 valence electrons. The van der Waals surface area contributed by atoms with E-state index < -0.39 is 15.2 Å². The van der Waals surface area contributed by atoms with Gasteiger partial charge in [-0.1, -0.05) is 64.7 Å². The monoisotopic (exact) mass is 226 g/mol. The Hall–Kier alpha value is 0.434. The summed E-state index contributed by atoms with van der Waals surface area (Å²) in [5, 5.41) is 0. The van der Waals surface area contributed by atoms with Crippen LogP contribution in [0.25, 0.3) is 0 Å². The summed E-state index contributed by atoms with van der Waals surface area (Å²) >= 11 is 0. The molecule has 2 heteroatoms. The van der Waals surface area contributed by atoms with Crippen molar-refractivity contribution in [3.63, 3.8) is 0 Å². The summed E-state index contributed by atoms with van der Waals surface area (Å²) in [5.41, 5.74) is 2.43. The van der Waals surface area contributed by atoms with Crippen molar-refractivity contribution in [2.45, 2.75) is 75.8 Å². The first-order chi connectivity index (χ1) is 6.46. The fourth-order valence-electron chi connectivity index (χ4n) is 3.31. The van der Waals surface area contributed by atoms with Gasteiger partial charge in [0.2, 0.25) is 0 Å². The third-order valence-corrected chi connectivity index (χ3v) is 26.9. The van der Waals surface area contributed by atoms with Crippen molar-refractivity contribution in [2.75, 3.05) is 0 Å². The molecule has 0 amide bonds. The minimum atomic E-state index is -0.841. The standard InChI is InChI=1S/C12H26Si2/c1-13(2,11-7-5-8-11)14(3,4)12-9-6-10-12/h11-12H,5-10H2,1-4H3. The Labute approximate surface area is 91.3 Å². The van der Waals surface area contributed by atoms with Gasteiger partial charge in [0.15, 0.2) is 0 Å². The predicted octanol–water partition coefficient (Wildman–Crippen LogP) is 4.59. The third-order valence-electron chi connectivity index (χ3n) is 5.91. The molecule has 14 heavy (non-hydrogen) atoms. The van der Waals surface area contributed by atoms with Crippen molar-refractivity contribution in [3.8, 4) is 0 Å². The molecule has 2 aliphatic carbocycles. The van der Waals surface area contributed by atoms with Gasteiger partial charge >= 0.3 is 0 Å². The van der Waals surface area contributed by atoms with E-state index in [4.69, 9.17) is 0 Å². The van der Waals surface area contributed by atoms with E-state index in [1.54, 1.807) is 25.7 Å². The Bertz CT molecular complexity index is 188. The average Bonchev–Trinajstić information content (AvgIpc) is 1.74. The first kappa shape index (κ1) is 10.9. The Morgan fingerprint density at radius 3 is 1.07 bits per heavy atom. The molecular weight excluding hydrogens is 200 g/mol. The van der Waals surface area contributed by atoms with E-state index in [9.17, 15) is 0 Å². The van der Waals surface area contributed by atoms with Gasteiger partial charge in [-0.2, -0.15) is 0 Å². The van der Waals surface area contributed by atoms with Gasteiger partial charge in [-0.25, -0.2) is 0 Å². The van der Waals surface area contributed by atoms with Gasteiger partial charge in [0, 0.05) is 15.2 Å². The fourth-order valence-corrected chi connectivity index (χ4v) is 17.2. The maximum absolute atomic E-state index is 2.72. The van der Waals surface area contributed by atoms with Crippen LogP contribution in [0.5, 0.6) is 0 Å². The Morgan fingerprint density at radius 2 is 0.929 bits per heavy atom. The first-order valence-corrected chi connectivity index (χ1v) is 13.6. The molecule has 0 radical (unpaired) electrons. The van der Waals surface area contributed by atoms with Crippen LogP contribution in [0.3, 0.4) is 0 Å². The molecule has 0 aromatic heterocycles. The van der Waals surface area contributed by atoms with E-state index >= 15 is 0 Å². The lowest BCUT2D eigenvalue weighted by Gasteiger charge is -2.54. The van der Waals surface area contributed by atoms with Gasteiger partial charge in [0.1, 0.15) is 0 Å². The predicted molar refractivity (Wildman–Crippen MR) is 70.2 cm³/mol. The molecule has 0 heterocycles. The van der Waals surface area contributed by atoms with Crippen LogP contribution in [0.4, 0.5) is 0 Å². The lowest BCUT2D eigenvalue weighted by molar-refractivity contribution is 0.477. The van der Waals surface area contributed by atoms with E-state index in [-0.39, 0.29) is 0 Å². The van der Waals surface area contributed by atoms with Crippen molar-refractivity contribution < 1.29 is 0 Å². The summed E-state index contributed by atoms with van der Waals surface area (Å²) in [5.74, 6) is 0. The molecule has 0 aromatic rings. The lowest BCUT2D eigenvalue weighted by atomic mass is 10.00. The zero-order chi connectivity index (χ0) is 10.4. The summed E-state index contributed by atoms with van der Waals surface area (Å²) in [7, 11) is -1.68. The highest BCUT2D eigenvalue weighted by Gasteiger charge is 2.52. The molecule has 0 atom stereocenters. The van der Waals surface area contributed by atoms with Crippen LogP contribution in [0.15, 0.2) is 0 Å². The largest absolute Gasteiger partial charge is 0.0711 e. The van der Waals surface area contributed by atoms with Crippen LogP contribution in [0.1, 0.15) is 38.5 Å². The summed E-state index contributed by atoms with van der Waals surface area (Å²) in [6.07, 6.45) is 9.42. The molecule has 2 saturated carbocycles. The highest BCUT2D eigenvalue weighted by Crippen LogP contribution is 2.52. The SMILES string of the molecule is C[Si](C)(C1CCC1)[Si](C)(C)C1CCC1. The topological polar surface area (TPSA) is 0 Å². The van der Waals surface area contributed by atoms with Crippen LogP contribution in [0.2, 0.25) is 37.3 Å². The Balaban J connectivity index is 2.09. The molecule has 0 nitrogen and oxygen atoms in total. The minimum absolute atomic E-state index is 0.841. The second kappa shape index (κ2) is 3.48. The summed E-state index contributed by atoms with van der Waals surface area (Å²) in [4.78, 5) is 0.